The lowest BCUT2D eigenvalue weighted by atomic mass is 9.98. The number of hydrogen-bond acceptors (Lipinski definition) is 3. The largest absolute Gasteiger partial charge is 0.496 e. The summed E-state index contributed by atoms with van der Waals surface area (Å²) in [6, 6.07) is 32.2. The van der Waals surface area contributed by atoms with Gasteiger partial charge in [-0.1, -0.05) is 76.1 Å². The highest BCUT2D eigenvalue weighted by Gasteiger charge is 2.40. The van der Waals surface area contributed by atoms with Crippen LogP contribution in [0.15, 0.2) is 102 Å². The molecule has 0 bridgehead atoms. The Bertz CT molecular complexity index is 1320. The average molecular weight is 513 g/mol. The summed E-state index contributed by atoms with van der Waals surface area (Å²) in [6.07, 6.45) is -0.405. The van der Waals surface area contributed by atoms with Gasteiger partial charge in [-0.25, -0.2) is 0 Å². The summed E-state index contributed by atoms with van der Waals surface area (Å²) in [5.74, 6) is 0.700. The Hall–Kier alpha value is -3.57. The Morgan fingerprint density at radius 1 is 0.882 bits per heavy atom. The van der Waals surface area contributed by atoms with Gasteiger partial charge in [0.25, 0.3) is 5.91 Å². The second kappa shape index (κ2) is 9.35. The van der Waals surface area contributed by atoms with Crippen LogP contribution in [0.5, 0.6) is 5.75 Å². The van der Waals surface area contributed by atoms with E-state index in [4.69, 9.17) is 4.74 Å². The molecular formula is C29H25BrN2O2. The van der Waals surface area contributed by atoms with Gasteiger partial charge in [-0.05, 0) is 55.0 Å². The molecule has 0 aliphatic carbocycles. The molecule has 4 aromatic rings. The summed E-state index contributed by atoms with van der Waals surface area (Å²) >= 11 is 3.63. The molecule has 0 aromatic heterocycles. The molecule has 0 saturated heterocycles. The predicted octanol–water partition coefficient (Wildman–Crippen LogP) is 7.13. The number of halogens is 1. The van der Waals surface area contributed by atoms with Gasteiger partial charge in [-0.2, -0.15) is 0 Å². The fourth-order valence-electron chi connectivity index (χ4n) is 4.55. The van der Waals surface area contributed by atoms with E-state index < -0.39 is 6.17 Å². The highest BCUT2D eigenvalue weighted by Crippen LogP contribution is 2.45. The van der Waals surface area contributed by atoms with Crippen molar-refractivity contribution < 1.29 is 9.53 Å². The van der Waals surface area contributed by atoms with Crippen LogP contribution in [0.3, 0.4) is 0 Å². The highest BCUT2D eigenvalue weighted by atomic mass is 79.9. The number of carbonyl (C=O) groups excluding carboxylic acids is 1. The van der Waals surface area contributed by atoms with Crippen LogP contribution in [0.25, 0.3) is 0 Å². The van der Waals surface area contributed by atoms with E-state index in [0.717, 1.165) is 38.3 Å². The van der Waals surface area contributed by atoms with E-state index in [1.54, 1.807) is 7.11 Å². The number of fused-ring (bicyclic) bond motifs is 1. The van der Waals surface area contributed by atoms with E-state index in [1.807, 2.05) is 96.8 Å². The quantitative estimate of drug-likeness (QED) is 0.285. The fourth-order valence-corrected chi connectivity index (χ4v) is 4.93. The van der Waals surface area contributed by atoms with Crippen molar-refractivity contribution >= 4 is 33.2 Å². The van der Waals surface area contributed by atoms with E-state index in [0.29, 0.717) is 12.1 Å². The maximum Gasteiger partial charge on any atom is 0.262 e. The van der Waals surface area contributed by atoms with Crippen molar-refractivity contribution in [1.82, 2.24) is 0 Å². The number of carbonyl (C=O) groups is 1. The predicted molar refractivity (Wildman–Crippen MR) is 140 cm³/mol. The van der Waals surface area contributed by atoms with Crippen LogP contribution in [0.4, 0.5) is 11.4 Å². The Morgan fingerprint density at radius 2 is 1.59 bits per heavy atom. The lowest BCUT2D eigenvalue weighted by Gasteiger charge is -2.46. The molecule has 0 N–H and O–H groups in total. The topological polar surface area (TPSA) is 32.8 Å². The molecule has 0 saturated carbocycles. The van der Waals surface area contributed by atoms with Gasteiger partial charge in [-0.3, -0.25) is 9.69 Å². The molecule has 34 heavy (non-hydrogen) atoms. The van der Waals surface area contributed by atoms with Crippen LogP contribution >= 0.6 is 15.9 Å². The minimum Gasteiger partial charge on any atom is -0.496 e. The lowest BCUT2D eigenvalue weighted by Crippen LogP contribution is -2.49. The third-order valence-electron chi connectivity index (χ3n) is 6.18. The SMILES string of the molecule is COc1ccc(Br)cc1[C@H]1N(Cc2ccccc2)c2ccccc2C(=O)N1c1ccc(C)cc1. The number of para-hydroxylation sites is 1. The maximum atomic E-state index is 14.0. The first-order valence-electron chi connectivity index (χ1n) is 11.2. The fraction of sp³-hybridized carbons (Fsp3) is 0.138. The van der Waals surface area contributed by atoms with Crippen LogP contribution in [-0.2, 0) is 6.54 Å². The zero-order valence-electron chi connectivity index (χ0n) is 19.1. The molecule has 170 valence electrons. The summed E-state index contributed by atoms with van der Waals surface area (Å²) in [5.41, 5.74) is 5.66. The number of aryl methyl sites for hydroxylation is 1. The summed E-state index contributed by atoms with van der Waals surface area (Å²) in [7, 11) is 1.67. The first-order chi connectivity index (χ1) is 16.6. The van der Waals surface area contributed by atoms with Crippen LogP contribution in [0, 0.1) is 6.92 Å². The third kappa shape index (κ3) is 4.08. The lowest BCUT2D eigenvalue weighted by molar-refractivity contribution is 0.0968. The van der Waals surface area contributed by atoms with E-state index >= 15 is 0 Å². The number of anilines is 2. The van der Waals surface area contributed by atoms with Gasteiger partial charge in [0.05, 0.1) is 18.4 Å². The molecule has 1 amide bonds. The summed E-state index contributed by atoms with van der Waals surface area (Å²) < 4.78 is 6.72. The third-order valence-corrected chi connectivity index (χ3v) is 6.67. The average Bonchev–Trinajstić information content (AvgIpc) is 2.87. The van der Waals surface area contributed by atoms with E-state index in [-0.39, 0.29) is 5.91 Å². The van der Waals surface area contributed by atoms with Gasteiger partial charge in [0.1, 0.15) is 11.9 Å². The van der Waals surface area contributed by atoms with Gasteiger partial charge in [0, 0.05) is 22.3 Å². The zero-order valence-corrected chi connectivity index (χ0v) is 20.7. The minimum absolute atomic E-state index is 0.0317. The van der Waals surface area contributed by atoms with Crippen LogP contribution in [0.1, 0.15) is 33.2 Å². The van der Waals surface area contributed by atoms with Crippen molar-refractivity contribution in [3.63, 3.8) is 0 Å². The molecule has 1 aliphatic heterocycles. The number of amides is 1. The number of nitrogens with zero attached hydrogens (tertiary/aromatic N) is 2. The molecule has 4 aromatic carbocycles. The highest BCUT2D eigenvalue weighted by molar-refractivity contribution is 9.10. The Morgan fingerprint density at radius 3 is 2.32 bits per heavy atom. The Kier molecular flexibility index (Phi) is 6.12. The van der Waals surface area contributed by atoms with Gasteiger partial charge < -0.3 is 9.64 Å². The van der Waals surface area contributed by atoms with Crippen molar-refractivity contribution in [2.75, 3.05) is 16.9 Å². The van der Waals surface area contributed by atoms with Crippen molar-refractivity contribution in [3.05, 3.63) is 124 Å². The van der Waals surface area contributed by atoms with Crippen LogP contribution in [-0.4, -0.2) is 13.0 Å². The summed E-state index contributed by atoms with van der Waals surface area (Å²) in [6.45, 7) is 2.68. The first-order valence-corrected chi connectivity index (χ1v) is 12.0. The number of benzene rings is 4. The molecule has 5 rings (SSSR count). The van der Waals surface area contributed by atoms with Crippen molar-refractivity contribution in [2.24, 2.45) is 0 Å². The molecule has 1 atom stereocenters. The number of ether oxygens (including phenoxy) is 1. The smallest absolute Gasteiger partial charge is 0.262 e. The Labute approximate surface area is 208 Å². The summed E-state index contributed by atoms with van der Waals surface area (Å²) in [4.78, 5) is 18.2. The minimum atomic E-state index is -0.405. The molecule has 5 heteroatoms. The summed E-state index contributed by atoms with van der Waals surface area (Å²) in [5, 5.41) is 0. The standard InChI is InChI=1S/C29H25BrN2O2/c1-20-12-15-23(16-13-20)32-28(25-18-22(30)14-17-27(25)34-2)31(19-21-8-4-3-5-9-21)26-11-7-6-10-24(26)29(32)33/h3-18,28H,19H2,1-2H3/t28-/m0/s1. The second-order valence-electron chi connectivity index (χ2n) is 8.40. The van der Waals surface area contributed by atoms with Crippen molar-refractivity contribution in [1.29, 1.82) is 0 Å². The maximum absolute atomic E-state index is 14.0. The molecule has 1 heterocycles. The molecule has 1 aliphatic rings. The normalized spacial score (nSPS) is 15.3. The molecule has 4 nitrogen and oxygen atoms in total. The first kappa shape index (κ1) is 22.2. The number of methoxy groups -OCH3 is 1. The number of rotatable bonds is 5. The van der Waals surface area contributed by atoms with Gasteiger partial charge in [-0.15, -0.1) is 0 Å². The van der Waals surface area contributed by atoms with Gasteiger partial charge in [0.15, 0.2) is 0 Å². The zero-order chi connectivity index (χ0) is 23.7. The van der Waals surface area contributed by atoms with Crippen LogP contribution < -0.4 is 14.5 Å². The number of hydrogen-bond donors (Lipinski definition) is 0. The van der Waals surface area contributed by atoms with Crippen molar-refractivity contribution in [3.8, 4) is 5.75 Å². The second-order valence-corrected chi connectivity index (χ2v) is 9.32. The van der Waals surface area contributed by atoms with E-state index in [1.165, 1.54) is 0 Å². The van der Waals surface area contributed by atoms with Crippen molar-refractivity contribution in [2.45, 2.75) is 19.6 Å². The van der Waals surface area contributed by atoms with Crippen LogP contribution in [0.2, 0.25) is 0 Å². The Balaban J connectivity index is 1.77. The monoisotopic (exact) mass is 512 g/mol. The molecular weight excluding hydrogens is 488 g/mol. The molecule has 0 unspecified atom stereocenters. The van der Waals surface area contributed by atoms with Gasteiger partial charge >= 0.3 is 0 Å². The van der Waals surface area contributed by atoms with E-state index in [9.17, 15) is 4.79 Å². The molecule has 0 fully saturated rings. The molecule has 0 radical (unpaired) electrons. The van der Waals surface area contributed by atoms with E-state index in [2.05, 4.69) is 33.0 Å². The molecule has 0 spiro atoms. The van der Waals surface area contributed by atoms with Gasteiger partial charge in [0.2, 0.25) is 0 Å².